The Labute approximate surface area is 122 Å². The average Bonchev–Trinajstić information content (AvgIpc) is 2.51. The Morgan fingerprint density at radius 2 is 1.86 bits per heavy atom. The van der Waals surface area contributed by atoms with Crippen molar-refractivity contribution in [3.05, 3.63) is 65.7 Å². The first-order valence-electron chi connectivity index (χ1n) is 6.40. The van der Waals surface area contributed by atoms with Gasteiger partial charge in [0.2, 0.25) is 0 Å². The number of benzene rings is 2. The fraction of sp³-hybridized carbons (Fsp3) is 0.125. The van der Waals surface area contributed by atoms with Crippen LogP contribution < -0.4 is 5.43 Å². The van der Waals surface area contributed by atoms with Gasteiger partial charge in [-0.1, -0.05) is 30.3 Å². The highest BCUT2D eigenvalue weighted by Gasteiger charge is 2.18. The molecule has 0 aliphatic rings. The Kier molecular flexibility index (Phi) is 5.06. The Bertz CT molecular complexity index is 609. The maximum absolute atomic E-state index is 12.0. The van der Waals surface area contributed by atoms with Gasteiger partial charge in [0.15, 0.2) is 6.10 Å². The molecular formula is C16H16N2O3. The van der Waals surface area contributed by atoms with E-state index in [-0.39, 0.29) is 11.7 Å². The molecule has 2 N–H and O–H groups in total. The number of ether oxygens (including phenoxy) is 1. The van der Waals surface area contributed by atoms with E-state index in [4.69, 9.17) is 4.74 Å². The first-order chi connectivity index (χ1) is 10.2. The minimum Gasteiger partial charge on any atom is -0.508 e. The van der Waals surface area contributed by atoms with Crippen molar-refractivity contribution in [2.45, 2.75) is 6.10 Å². The predicted octanol–water partition coefficient (Wildman–Crippen LogP) is 2.23. The Morgan fingerprint density at radius 3 is 2.48 bits per heavy atom. The van der Waals surface area contributed by atoms with Gasteiger partial charge in [0, 0.05) is 7.11 Å². The smallest absolute Gasteiger partial charge is 0.273 e. The molecule has 0 saturated carbocycles. The van der Waals surface area contributed by atoms with Crippen LogP contribution in [0.3, 0.4) is 0 Å². The summed E-state index contributed by atoms with van der Waals surface area (Å²) in [6.45, 7) is 0. The van der Waals surface area contributed by atoms with Crippen LogP contribution in [-0.4, -0.2) is 24.3 Å². The zero-order chi connectivity index (χ0) is 15.1. The van der Waals surface area contributed by atoms with E-state index >= 15 is 0 Å². The number of methoxy groups -OCH3 is 1. The topological polar surface area (TPSA) is 70.9 Å². The van der Waals surface area contributed by atoms with Gasteiger partial charge in [-0.05, 0) is 35.4 Å². The van der Waals surface area contributed by atoms with E-state index in [1.165, 1.54) is 13.3 Å². The highest BCUT2D eigenvalue weighted by Crippen LogP contribution is 2.16. The molecule has 0 fully saturated rings. The standard InChI is InChI=1S/C16H16N2O3/c1-21-15(13-5-3-2-4-6-13)16(20)18-17-11-12-7-9-14(19)10-8-12/h2-11,15,19H,1H3,(H,18,20). The second-order valence-corrected chi connectivity index (χ2v) is 4.35. The number of hydrogen-bond donors (Lipinski definition) is 2. The number of phenolic OH excluding ortho intramolecular Hbond substituents is 1. The average molecular weight is 284 g/mol. The quantitative estimate of drug-likeness (QED) is 0.653. The molecule has 0 bridgehead atoms. The largest absolute Gasteiger partial charge is 0.508 e. The SMILES string of the molecule is COC(C(=O)NN=Cc1ccc(O)cc1)c1ccccc1. The van der Waals surface area contributed by atoms with Gasteiger partial charge in [0.1, 0.15) is 5.75 Å². The first-order valence-corrected chi connectivity index (χ1v) is 6.40. The van der Waals surface area contributed by atoms with Gasteiger partial charge in [0.25, 0.3) is 5.91 Å². The number of carbonyl (C=O) groups is 1. The lowest BCUT2D eigenvalue weighted by Crippen LogP contribution is -2.26. The zero-order valence-electron chi connectivity index (χ0n) is 11.6. The van der Waals surface area contributed by atoms with Crippen LogP contribution in [0.1, 0.15) is 17.2 Å². The molecule has 2 rings (SSSR count). The summed E-state index contributed by atoms with van der Waals surface area (Å²) in [5.74, 6) is -0.168. The lowest BCUT2D eigenvalue weighted by atomic mass is 10.1. The molecule has 2 aromatic rings. The van der Waals surface area contributed by atoms with E-state index in [0.717, 1.165) is 11.1 Å². The third-order valence-corrected chi connectivity index (χ3v) is 2.86. The molecule has 1 amide bonds. The van der Waals surface area contributed by atoms with Crippen molar-refractivity contribution in [2.75, 3.05) is 7.11 Å². The summed E-state index contributed by atoms with van der Waals surface area (Å²) in [5, 5.41) is 13.0. The molecule has 1 atom stereocenters. The second-order valence-electron chi connectivity index (χ2n) is 4.35. The monoisotopic (exact) mass is 284 g/mol. The van der Waals surface area contributed by atoms with Gasteiger partial charge in [-0.3, -0.25) is 4.79 Å². The summed E-state index contributed by atoms with van der Waals surface area (Å²) in [5.41, 5.74) is 3.97. The van der Waals surface area contributed by atoms with Crippen molar-refractivity contribution in [1.82, 2.24) is 5.43 Å². The summed E-state index contributed by atoms with van der Waals surface area (Å²) >= 11 is 0. The molecule has 5 nitrogen and oxygen atoms in total. The number of hydrogen-bond acceptors (Lipinski definition) is 4. The normalized spacial score (nSPS) is 12.2. The summed E-state index contributed by atoms with van der Waals surface area (Å²) in [6.07, 6.45) is 0.790. The summed E-state index contributed by atoms with van der Waals surface area (Å²) in [4.78, 5) is 12.0. The van der Waals surface area contributed by atoms with Crippen molar-refractivity contribution in [3.63, 3.8) is 0 Å². The van der Waals surface area contributed by atoms with E-state index in [1.807, 2.05) is 30.3 Å². The molecule has 1 unspecified atom stereocenters. The minimum absolute atomic E-state index is 0.180. The highest BCUT2D eigenvalue weighted by atomic mass is 16.5. The Hall–Kier alpha value is -2.66. The van der Waals surface area contributed by atoms with E-state index < -0.39 is 6.10 Å². The first kappa shape index (κ1) is 14.7. The van der Waals surface area contributed by atoms with Crippen LogP contribution in [0.2, 0.25) is 0 Å². The Morgan fingerprint density at radius 1 is 1.19 bits per heavy atom. The maximum Gasteiger partial charge on any atom is 0.273 e. The van der Waals surface area contributed by atoms with Crippen molar-refractivity contribution >= 4 is 12.1 Å². The number of phenols is 1. The van der Waals surface area contributed by atoms with Crippen molar-refractivity contribution in [1.29, 1.82) is 0 Å². The third kappa shape index (κ3) is 4.15. The maximum atomic E-state index is 12.0. The van der Waals surface area contributed by atoms with Crippen LogP contribution in [0.5, 0.6) is 5.75 Å². The van der Waals surface area contributed by atoms with Crippen LogP contribution in [0.25, 0.3) is 0 Å². The van der Waals surface area contributed by atoms with Gasteiger partial charge in [0.05, 0.1) is 6.21 Å². The molecule has 0 aliphatic heterocycles. The molecular weight excluding hydrogens is 268 g/mol. The van der Waals surface area contributed by atoms with Crippen LogP contribution in [0, 0.1) is 0 Å². The third-order valence-electron chi connectivity index (χ3n) is 2.86. The molecule has 0 aromatic heterocycles. The number of aromatic hydroxyl groups is 1. The van der Waals surface area contributed by atoms with E-state index in [0.29, 0.717) is 0 Å². The van der Waals surface area contributed by atoms with Gasteiger partial charge >= 0.3 is 0 Å². The summed E-state index contributed by atoms with van der Waals surface area (Å²) in [7, 11) is 1.47. The minimum atomic E-state index is -0.705. The zero-order valence-corrected chi connectivity index (χ0v) is 11.6. The molecule has 5 heteroatoms. The van der Waals surface area contributed by atoms with Crippen LogP contribution in [-0.2, 0) is 9.53 Å². The molecule has 0 heterocycles. The molecule has 108 valence electrons. The van der Waals surface area contributed by atoms with Crippen molar-refractivity contribution < 1.29 is 14.6 Å². The number of nitrogens with zero attached hydrogens (tertiary/aromatic N) is 1. The summed E-state index contributed by atoms with van der Waals surface area (Å²) < 4.78 is 5.20. The van der Waals surface area contributed by atoms with Gasteiger partial charge in [-0.15, -0.1) is 0 Å². The van der Waals surface area contributed by atoms with E-state index in [2.05, 4.69) is 10.5 Å². The fourth-order valence-corrected chi connectivity index (χ4v) is 1.81. The van der Waals surface area contributed by atoms with Crippen LogP contribution in [0.4, 0.5) is 0 Å². The van der Waals surface area contributed by atoms with Crippen molar-refractivity contribution in [2.24, 2.45) is 5.10 Å². The van der Waals surface area contributed by atoms with Crippen molar-refractivity contribution in [3.8, 4) is 5.75 Å². The van der Waals surface area contributed by atoms with Gasteiger partial charge in [-0.2, -0.15) is 5.10 Å². The highest BCUT2D eigenvalue weighted by molar-refractivity contribution is 5.85. The van der Waals surface area contributed by atoms with E-state index in [9.17, 15) is 9.90 Å². The summed E-state index contributed by atoms with van der Waals surface area (Å²) in [6, 6.07) is 15.7. The fourth-order valence-electron chi connectivity index (χ4n) is 1.81. The molecule has 0 spiro atoms. The molecule has 0 aliphatic carbocycles. The lowest BCUT2D eigenvalue weighted by molar-refractivity contribution is -0.131. The number of nitrogens with one attached hydrogen (secondary N) is 1. The molecule has 2 aromatic carbocycles. The van der Waals surface area contributed by atoms with Crippen LogP contribution >= 0.6 is 0 Å². The number of hydrazone groups is 1. The van der Waals surface area contributed by atoms with Gasteiger partial charge in [-0.25, -0.2) is 5.43 Å². The number of amides is 1. The van der Waals surface area contributed by atoms with Crippen LogP contribution in [0.15, 0.2) is 59.7 Å². The van der Waals surface area contributed by atoms with Gasteiger partial charge < -0.3 is 9.84 Å². The second kappa shape index (κ2) is 7.21. The molecule has 0 saturated heterocycles. The molecule has 21 heavy (non-hydrogen) atoms. The molecule has 0 radical (unpaired) electrons. The number of rotatable bonds is 5. The van der Waals surface area contributed by atoms with E-state index in [1.54, 1.807) is 24.3 Å². The Balaban J connectivity index is 1.98. The predicted molar refractivity (Wildman–Crippen MR) is 80.0 cm³/mol. The number of carbonyl (C=O) groups excluding carboxylic acids is 1. The lowest BCUT2D eigenvalue weighted by Gasteiger charge is -2.13.